The molecule has 2 rings (SSSR count). The zero-order chi connectivity index (χ0) is 9.97. The minimum absolute atomic E-state index is 0.424. The Labute approximate surface area is 88.6 Å². The summed E-state index contributed by atoms with van der Waals surface area (Å²) in [6, 6.07) is 0. The van der Waals surface area contributed by atoms with Gasteiger partial charge in [-0.05, 0) is 25.9 Å². The molecule has 0 spiro atoms. The van der Waals surface area contributed by atoms with Crippen LogP contribution in [0.25, 0.3) is 0 Å². The van der Waals surface area contributed by atoms with Gasteiger partial charge in [-0.1, -0.05) is 11.6 Å². The molecular weight excluding hydrogens is 200 g/mol. The zero-order valence-electron chi connectivity index (χ0n) is 8.12. The lowest BCUT2D eigenvalue weighted by Gasteiger charge is -2.13. The number of hydrogen-bond acceptors (Lipinski definition) is 3. The summed E-state index contributed by atoms with van der Waals surface area (Å²) in [5.74, 6) is 0.424. The average Bonchev–Trinajstić information content (AvgIpc) is 2.74. The third-order valence-corrected chi connectivity index (χ3v) is 2.88. The molecule has 0 aromatic carbocycles. The van der Waals surface area contributed by atoms with Gasteiger partial charge in [0.15, 0.2) is 5.82 Å². The Kier molecular flexibility index (Phi) is 2.93. The molecule has 0 saturated carbocycles. The number of nitrogen functional groups attached to an aromatic ring is 1. The summed E-state index contributed by atoms with van der Waals surface area (Å²) in [7, 11) is 0. The minimum Gasteiger partial charge on any atom is -0.381 e. The van der Waals surface area contributed by atoms with Crippen molar-refractivity contribution in [1.82, 2.24) is 14.7 Å². The van der Waals surface area contributed by atoms with Crippen LogP contribution in [-0.2, 0) is 6.54 Å². The molecule has 4 nitrogen and oxygen atoms in total. The van der Waals surface area contributed by atoms with Crippen LogP contribution in [0.15, 0.2) is 6.20 Å². The number of halogens is 1. The molecule has 1 aliphatic rings. The van der Waals surface area contributed by atoms with E-state index in [9.17, 15) is 0 Å². The highest BCUT2D eigenvalue weighted by Gasteiger charge is 2.11. The summed E-state index contributed by atoms with van der Waals surface area (Å²) in [4.78, 5) is 2.44. The molecule has 2 N–H and O–H groups in total. The smallest absolute Gasteiger partial charge is 0.164 e. The molecule has 0 amide bonds. The molecule has 0 atom stereocenters. The first-order chi connectivity index (χ1) is 6.75. The average molecular weight is 215 g/mol. The highest BCUT2D eigenvalue weighted by atomic mass is 35.5. The molecule has 0 bridgehead atoms. The molecule has 0 aliphatic carbocycles. The maximum absolute atomic E-state index is 5.80. The number of hydrogen-bond donors (Lipinski definition) is 1. The Morgan fingerprint density at radius 3 is 2.64 bits per heavy atom. The summed E-state index contributed by atoms with van der Waals surface area (Å²) >= 11 is 5.80. The van der Waals surface area contributed by atoms with Crippen LogP contribution < -0.4 is 5.73 Å². The second kappa shape index (κ2) is 4.19. The first kappa shape index (κ1) is 9.80. The number of nitrogens with two attached hydrogens (primary N) is 1. The van der Waals surface area contributed by atoms with Gasteiger partial charge in [-0.15, -0.1) is 0 Å². The standard InChI is InChI=1S/C9H15ClN4/c10-8-7-14(12-9(8)11)6-5-13-3-1-2-4-13/h7H,1-6H2,(H2,11,12). The molecule has 0 radical (unpaired) electrons. The molecule has 14 heavy (non-hydrogen) atoms. The predicted octanol–water partition coefficient (Wildman–Crippen LogP) is 1.21. The van der Waals surface area contributed by atoms with Crippen LogP contribution in [0.2, 0.25) is 5.02 Å². The third kappa shape index (κ3) is 2.19. The van der Waals surface area contributed by atoms with Crippen LogP contribution in [0.5, 0.6) is 0 Å². The van der Waals surface area contributed by atoms with Crippen molar-refractivity contribution in [1.29, 1.82) is 0 Å². The fourth-order valence-corrected chi connectivity index (χ4v) is 1.93. The lowest BCUT2D eigenvalue weighted by molar-refractivity contribution is 0.316. The molecular formula is C9H15ClN4. The van der Waals surface area contributed by atoms with Gasteiger partial charge in [-0.25, -0.2) is 0 Å². The van der Waals surface area contributed by atoms with Crippen molar-refractivity contribution in [3.05, 3.63) is 11.2 Å². The van der Waals surface area contributed by atoms with Crippen molar-refractivity contribution in [3.63, 3.8) is 0 Å². The Morgan fingerprint density at radius 1 is 1.36 bits per heavy atom. The molecule has 1 aromatic rings. The van der Waals surface area contributed by atoms with E-state index >= 15 is 0 Å². The maximum atomic E-state index is 5.80. The molecule has 78 valence electrons. The lowest BCUT2D eigenvalue weighted by Crippen LogP contribution is -2.24. The normalized spacial score (nSPS) is 17.8. The van der Waals surface area contributed by atoms with Crippen LogP contribution in [0.4, 0.5) is 5.82 Å². The van der Waals surface area contributed by atoms with Crippen LogP contribution in [0, 0.1) is 0 Å². The molecule has 1 saturated heterocycles. The van der Waals surface area contributed by atoms with E-state index in [-0.39, 0.29) is 0 Å². The zero-order valence-corrected chi connectivity index (χ0v) is 8.87. The summed E-state index contributed by atoms with van der Waals surface area (Å²) in [5, 5.41) is 4.65. The predicted molar refractivity (Wildman–Crippen MR) is 57.3 cm³/mol. The van der Waals surface area contributed by atoms with Gasteiger partial charge >= 0.3 is 0 Å². The monoisotopic (exact) mass is 214 g/mol. The molecule has 0 unspecified atom stereocenters. The molecule has 1 aromatic heterocycles. The van der Waals surface area contributed by atoms with Gasteiger partial charge in [0.2, 0.25) is 0 Å². The number of nitrogens with zero attached hydrogens (tertiary/aromatic N) is 3. The van der Waals surface area contributed by atoms with Gasteiger partial charge in [0.05, 0.1) is 6.54 Å². The van der Waals surface area contributed by atoms with Crippen LogP contribution in [-0.4, -0.2) is 34.3 Å². The van der Waals surface area contributed by atoms with Gasteiger partial charge in [0.1, 0.15) is 5.02 Å². The molecule has 5 heteroatoms. The highest BCUT2D eigenvalue weighted by Crippen LogP contribution is 2.15. The van der Waals surface area contributed by atoms with E-state index in [1.54, 1.807) is 6.20 Å². The van der Waals surface area contributed by atoms with E-state index in [2.05, 4.69) is 10.00 Å². The first-order valence-corrected chi connectivity index (χ1v) is 5.34. The van der Waals surface area contributed by atoms with Crippen LogP contribution in [0.3, 0.4) is 0 Å². The first-order valence-electron chi connectivity index (χ1n) is 4.96. The van der Waals surface area contributed by atoms with Crippen molar-refractivity contribution in [2.45, 2.75) is 19.4 Å². The summed E-state index contributed by atoms with van der Waals surface area (Å²) in [6.07, 6.45) is 4.43. The van der Waals surface area contributed by atoms with E-state index < -0.39 is 0 Å². The number of anilines is 1. The van der Waals surface area contributed by atoms with Crippen LogP contribution in [0.1, 0.15) is 12.8 Å². The Hall–Kier alpha value is -0.740. The van der Waals surface area contributed by atoms with Gasteiger partial charge < -0.3 is 10.6 Å². The third-order valence-electron chi connectivity index (χ3n) is 2.59. The Bertz CT molecular complexity index is 284. The van der Waals surface area contributed by atoms with Gasteiger partial charge in [-0.3, -0.25) is 4.68 Å². The number of rotatable bonds is 3. The van der Waals surface area contributed by atoms with E-state index in [4.69, 9.17) is 17.3 Å². The fraction of sp³-hybridized carbons (Fsp3) is 0.667. The summed E-state index contributed by atoms with van der Waals surface area (Å²) in [5.41, 5.74) is 5.55. The van der Waals surface area contributed by atoms with Crippen LogP contribution >= 0.6 is 11.6 Å². The number of aromatic nitrogens is 2. The van der Waals surface area contributed by atoms with Gasteiger partial charge in [-0.2, -0.15) is 5.10 Å². The SMILES string of the molecule is Nc1nn(CCN2CCCC2)cc1Cl. The fourth-order valence-electron chi connectivity index (χ4n) is 1.78. The summed E-state index contributed by atoms with van der Waals surface area (Å²) < 4.78 is 1.82. The Balaban J connectivity index is 1.85. The summed E-state index contributed by atoms with van der Waals surface area (Å²) in [6.45, 7) is 4.34. The topological polar surface area (TPSA) is 47.1 Å². The minimum atomic E-state index is 0.424. The van der Waals surface area contributed by atoms with E-state index in [0.29, 0.717) is 10.8 Å². The second-order valence-electron chi connectivity index (χ2n) is 3.67. The van der Waals surface area contributed by atoms with E-state index in [1.807, 2.05) is 4.68 Å². The quantitative estimate of drug-likeness (QED) is 0.823. The van der Waals surface area contributed by atoms with Crippen molar-refractivity contribution in [3.8, 4) is 0 Å². The van der Waals surface area contributed by atoms with Crippen molar-refractivity contribution in [2.24, 2.45) is 0 Å². The molecule has 1 fully saturated rings. The van der Waals surface area contributed by atoms with Gasteiger partial charge in [0, 0.05) is 12.7 Å². The number of likely N-dealkylation sites (tertiary alicyclic amines) is 1. The lowest BCUT2D eigenvalue weighted by atomic mass is 10.4. The van der Waals surface area contributed by atoms with E-state index in [1.165, 1.54) is 25.9 Å². The van der Waals surface area contributed by atoms with Crippen molar-refractivity contribution >= 4 is 17.4 Å². The van der Waals surface area contributed by atoms with E-state index in [0.717, 1.165) is 13.1 Å². The Morgan fingerprint density at radius 2 is 2.07 bits per heavy atom. The molecule has 1 aliphatic heterocycles. The van der Waals surface area contributed by atoms with Crippen molar-refractivity contribution in [2.75, 3.05) is 25.4 Å². The maximum Gasteiger partial charge on any atom is 0.164 e. The second-order valence-corrected chi connectivity index (χ2v) is 4.08. The van der Waals surface area contributed by atoms with Gasteiger partial charge in [0.25, 0.3) is 0 Å². The highest BCUT2D eigenvalue weighted by molar-refractivity contribution is 6.32. The van der Waals surface area contributed by atoms with Crippen molar-refractivity contribution < 1.29 is 0 Å². The molecule has 2 heterocycles. The largest absolute Gasteiger partial charge is 0.381 e.